The number of carbonyl (C=O) groups is 1. The van der Waals surface area contributed by atoms with E-state index in [1.807, 2.05) is 31.2 Å². The van der Waals surface area contributed by atoms with E-state index >= 15 is 0 Å². The molecule has 0 fully saturated rings. The molecule has 3 rings (SSSR count). The van der Waals surface area contributed by atoms with E-state index in [-0.39, 0.29) is 18.1 Å². The summed E-state index contributed by atoms with van der Waals surface area (Å²) in [4.78, 5) is 18.0. The highest BCUT2D eigenvalue weighted by Crippen LogP contribution is 2.17. The third-order valence-electron chi connectivity index (χ3n) is 4.08. The number of amides is 1. The Kier molecular flexibility index (Phi) is 5.80. The van der Waals surface area contributed by atoms with Crippen LogP contribution in [0.3, 0.4) is 0 Å². The van der Waals surface area contributed by atoms with E-state index in [9.17, 15) is 9.18 Å². The summed E-state index contributed by atoms with van der Waals surface area (Å²) in [7, 11) is 1.61. The van der Waals surface area contributed by atoms with Gasteiger partial charge in [0.15, 0.2) is 12.4 Å². The number of hydrogen-bond acceptors (Lipinski definition) is 5. The number of likely N-dealkylation sites (N-methyl/N-ethyl adjacent to an activating group) is 1. The van der Waals surface area contributed by atoms with Gasteiger partial charge < -0.3 is 14.2 Å². The van der Waals surface area contributed by atoms with Crippen molar-refractivity contribution in [1.82, 2.24) is 15.0 Å². The summed E-state index contributed by atoms with van der Waals surface area (Å²) in [5, 5.41) is 3.89. The lowest BCUT2D eigenvalue weighted by Gasteiger charge is -2.16. The van der Waals surface area contributed by atoms with Gasteiger partial charge in [-0.2, -0.15) is 4.98 Å². The van der Waals surface area contributed by atoms with E-state index in [0.717, 1.165) is 11.3 Å². The minimum absolute atomic E-state index is 0.0421. The lowest BCUT2D eigenvalue weighted by molar-refractivity contribution is 0.0791. The van der Waals surface area contributed by atoms with Gasteiger partial charge in [0.25, 0.3) is 11.8 Å². The van der Waals surface area contributed by atoms with Crippen LogP contribution in [0.2, 0.25) is 0 Å². The maximum atomic E-state index is 13.7. The second-order valence-electron chi connectivity index (χ2n) is 6.12. The summed E-state index contributed by atoms with van der Waals surface area (Å²) in [6.07, 6.45) is 0.393. The van der Waals surface area contributed by atoms with Gasteiger partial charge in [-0.25, -0.2) is 4.39 Å². The highest BCUT2D eigenvalue weighted by molar-refractivity contribution is 5.94. The topological polar surface area (TPSA) is 68.5 Å². The average molecular weight is 369 g/mol. The van der Waals surface area contributed by atoms with Crippen molar-refractivity contribution in [1.29, 1.82) is 0 Å². The van der Waals surface area contributed by atoms with Crippen LogP contribution in [-0.4, -0.2) is 34.5 Å². The standard InChI is InChI=1S/C20H20FN3O3/c1-14-7-3-6-10-17(14)26-13-19-22-18(23-27-19)11-12-24(2)20(25)15-8-4-5-9-16(15)21/h3-10H,11-13H2,1-2H3. The molecule has 2 aromatic carbocycles. The Bertz CT molecular complexity index is 926. The number of halogens is 1. The van der Waals surface area contributed by atoms with Gasteiger partial charge in [0.1, 0.15) is 11.6 Å². The molecule has 0 aliphatic heterocycles. The maximum absolute atomic E-state index is 13.7. The van der Waals surface area contributed by atoms with Gasteiger partial charge >= 0.3 is 0 Å². The van der Waals surface area contributed by atoms with Crippen LogP contribution in [0.15, 0.2) is 53.1 Å². The molecule has 0 bridgehead atoms. The van der Waals surface area contributed by atoms with Gasteiger partial charge in [0, 0.05) is 20.0 Å². The number of hydrogen-bond donors (Lipinski definition) is 0. The van der Waals surface area contributed by atoms with E-state index in [0.29, 0.717) is 24.7 Å². The lowest BCUT2D eigenvalue weighted by Crippen LogP contribution is -2.29. The van der Waals surface area contributed by atoms with Crippen LogP contribution in [0.4, 0.5) is 4.39 Å². The summed E-state index contributed by atoms with van der Waals surface area (Å²) in [5.74, 6) is 0.652. The molecule has 0 aliphatic rings. The zero-order valence-corrected chi connectivity index (χ0v) is 15.2. The molecule has 0 saturated heterocycles. The fourth-order valence-electron chi connectivity index (χ4n) is 2.52. The molecule has 1 heterocycles. The van der Waals surface area contributed by atoms with E-state index in [4.69, 9.17) is 9.26 Å². The molecule has 0 unspecified atom stereocenters. The quantitative estimate of drug-likeness (QED) is 0.638. The van der Waals surface area contributed by atoms with Crippen molar-refractivity contribution in [2.45, 2.75) is 20.0 Å². The number of benzene rings is 2. The zero-order chi connectivity index (χ0) is 19.2. The fraction of sp³-hybridized carbons (Fsp3) is 0.250. The molecule has 27 heavy (non-hydrogen) atoms. The summed E-state index contributed by atoms with van der Waals surface area (Å²) >= 11 is 0. The number of aromatic nitrogens is 2. The third-order valence-corrected chi connectivity index (χ3v) is 4.08. The van der Waals surface area contributed by atoms with Gasteiger partial charge in [-0.3, -0.25) is 4.79 Å². The molecule has 0 spiro atoms. The van der Waals surface area contributed by atoms with Crippen molar-refractivity contribution >= 4 is 5.91 Å². The van der Waals surface area contributed by atoms with Crippen molar-refractivity contribution in [3.8, 4) is 5.75 Å². The first-order valence-corrected chi connectivity index (χ1v) is 8.54. The van der Waals surface area contributed by atoms with Crippen molar-refractivity contribution in [3.05, 3.63) is 77.2 Å². The number of ether oxygens (including phenoxy) is 1. The monoisotopic (exact) mass is 369 g/mol. The molecular formula is C20H20FN3O3. The predicted molar refractivity (Wildman–Crippen MR) is 96.9 cm³/mol. The summed E-state index contributed by atoms with van der Waals surface area (Å²) < 4.78 is 24.6. The average Bonchev–Trinajstić information content (AvgIpc) is 3.13. The van der Waals surface area contributed by atoms with E-state index in [1.165, 1.54) is 17.0 Å². The molecular weight excluding hydrogens is 349 g/mol. The van der Waals surface area contributed by atoms with Crippen LogP contribution in [0.1, 0.15) is 27.6 Å². The van der Waals surface area contributed by atoms with Crippen LogP contribution in [0.5, 0.6) is 5.75 Å². The Labute approximate surface area is 156 Å². The number of nitrogens with zero attached hydrogens (tertiary/aromatic N) is 3. The Hall–Kier alpha value is -3.22. The maximum Gasteiger partial charge on any atom is 0.264 e. The first-order chi connectivity index (χ1) is 13.0. The van der Waals surface area contributed by atoms with Crippen LogP contribution < -0.4 is 4.74 Å². The number of rotatable bonds is 7. The summed E-state index contributed by atoms with van der Waals surface area (Å²) in [6, 6.07) is 13.6. The van der Waals surface area contributed by atoms with E-state index in [1.54, 1.807) is 19.2 Å². The first-order valence-electron chi connectivity index (χ1n) is 8.54. The third kappa shape index (κ3) is 4.69. The minimum atomic E-state index is -0.537. The van der Waals surface area contributed by atoms with E-state index < -0.39 is 5.82 Å². The molecule has 1 aromatic heterocycles. The smallest absolute Gasteiger partial charge is 0.264 e. The molecule has 0 saturated carbocycles. The second kappa shape index (κ2) is 8.44. The van der Waals surface area contributed by atoms with Gasteiger partial charge in [0.2, 0.25) is 0 Å². The molecule has 140 valence electrons. The lowest BCUT2D eigenvalue weighted by atomic mass is 10.2. The minimum Gasteiger partial charge on any atom is -0.483 e. The number of aryl methyl sites for hydroxylation is 1. The van der Waals surface area contributed by atoms with Crippen LogP contribution >= 0.6 is 0 Å². The highest BCUT2D eigenvalue weighted by Gasteiger charge is 2.16. The van der Waals surface area contributed by atoms with Crippen molar-refractivity contribution < 1.29 is 18.4 Å². The summed E-state index contributed by atoms with van der Waals surface area (Å²) in [5.41, 5.74) is 1.06. The van der Waals surface area contributed by atoms with E-state index in [2.05, 4.69) is 10.1 Å². The van der Waals surface area contributed by atoms with Crippen LogP contribution in [-0.2, 0) is 13.0 Å². The summed E-state index contributed by atoms with van der Waals surface area (Å²) in [6.45, 7) is 2.46. The molecule has 1 amide bonds. The number of carbonyl (C=O) groups excluding carboxylic acids is 1. The fourth-order valence-corrected chi connectivity index (χ4v) is 2.52. The highest BCUT2D eigenvalue weighted by atomic mass is 19.1. The largest absolute Gasteiger partial charge is 0.483 e. The normalized spacial score (nSPS) is 10.6. The van der Waals surface area contributed by atoms with Crippen molar-refractivity contribution in [3.63, 3.8) is 0 Å². The number of para-hydroxylation sites is 1. The van der Waals surface area contributed by atoms with Crippen molar-refractivity contribution in [2.24, 2.45) is 0 Å². The molecule has 6 nitrogen and oxygen atoms in total. The Balaban J connectivity index is 1.53. The zero-order valence-electron chi connectivity index (χ0n) is 15.2. The van der Waals surface area contributed by atoms with Gasteiger partial charge in [-0.05, 0) is 30.7 Å². The Morgan fingerprint density at radius 2 is 1.93 bits per heavy atom. The molecule has 0 atom stereocenters. The second-order valence-corrected chi connectivity index (χ2v) is 6.12. The Morgan fingerprint density at radius 1 is 1.19 bits per heavy atom. The molecule has 0 aliphatic carbocycles. The Morgan fingerprint density at radius 3 is 2.70 bits per heavy atom. The molecule has 3 aromatic rings. The molecule has 0 radical (unpaired) electrons. The van der Waals surface area contributed by atoms with Crippen LogP contribution in [0.25, 0.3) is 0 Å². The van der Waals surface area contributed by atoms with Crippen molar-refractivity contribution in [2.75, 3.05) is 13.6 Å². The van der Waals surface area contributed by atoms with Crippen LogP contribution in [0, 0.1) is 12.7 Å². The SMILES string of the molecule is Cc1ccccc1OCc1nc(CCN(C)C(=O)c2ccccc2F)no1. The van der Waals surface area contributed by atoms with Gasteiger partial charge in [0.05, 0.1) is 5.56 Å². The molecule has 0 N–H and O–H groups in total. The van der Waals surface area contributed by atoms with Gasteiger partial charge in [-0.15, -0.1) is 0 Å². The first kappa shape index (κ1) is 18.6. The predicted octanol–water partition coefficient (Wildman–Crippen LogP) is 3.41. The molecule has 7 heteroatoms. The van der Waals surface area contributed by atoms with Gasteiger partial charge in [-0.1, -0.05) is 35.5 Å².